The van der Waals surface area contributed by atoms with Gasteiger partial charge in [-0.15, -0.1) is 0 Å². The topological polar surface area (TPSA) is 101 Å². The molecule has 1 aromatic carbocycles. The Morgan fingerprint density at radius 3 is 2.74 bits per heavy atom. The van der Waals surface area contributed by atoms with Crippen LogP contribution in [-0.2, 0) is 0 Å². The molecule has 1 amide bonds. The van der Waals surface area contributed by atoms with Crippen LogP contribution < -0.4 is 5.32 Å². The Labute approximate surface area is 108 Å². The SMILES string of the molecule is Cc1ccc([N+](=O)[O-])c(NC(=O)c2cn[nH]c2C)c1. The average molecular weight is 260 g/mol. The fourth-order valence-corrected chi connectivity index (χ4v) is 1.68. The van der Waals surface area contributed by atoms with Crippen LogP contribution in [0.4, 0.5) is 11.4 Å². The van der Waals surface area contributed by atoms with Crippen molar-refractivity contribution in [1.82, 2.24) is 10.2 Å². The largest absolute Gasteiger partial charge is 0.316 e. The van der Waals surface area contributed by atoms with E-state index in [0.29, 0.717) is 11.3 Å². The van der Waals surface area contributed by atoms with E-state index in [9.17, 15) is 14.9 Å². The summed E-state index contributed by atoms with van der Waals surface area (Å²) in [7, 11) is 0. The molecule has 1 aromatic heterocycles. The lowest BCUT2D eigenvalue weighted by Crippen LogP contribution is -2.13. The molecule has 0 atom stereocenters. The number of H-pyrrole nitrogens is 1. The van der Waals surface area contributed by atoms with E-state index in [0.717, 1.165) is 5.56 Å². The molecular formula is C12H12N4O3. The highest BCUT2D eigenvalue weighted by Gasteiger charge is 2.18. The van der Waals surface area contributed by atoms with E-state index in [1.807, 2.05) is 0 Å². The van der Waals surface area contributed by atoms with Gasteiger partial charge in [0.1, 0.15) is 5.69 Å². The molecule has 19 heavy (non-hydrogen) atoms. The first-order valence-corrected chi connectivity index (χ1v) is 5.55. The zero-order chi connectivity index (χ0) is 14.0. The lowest BCUT2D eigenvalue weighted by atomic mass is 10.1. The number of nitro groups is 1. The molecule has 2 N–H and O–H groups in total. The van der Waals surface area contributed by atoms with E-state index in [1.54, 1.807) is 26.0 Å². The van der Waals surface area contributed by atoms with Crippen LogP contribution in [0.25, 0.3) is 0 Å². The van der Waals surface area contributed by atoms with Gasteiger partial charge in [0.15, 0.2) is 0 Å². The molecule has 0 saturated carbocycles. The van der Waals surface area contributed by atoms with Gasteiger partial charge in [-0.2, -0.15) is 5.10 Å². The quantitative estimate of drug-likeness (QED) is 0.652. The van der Waals surface area contributed by atoms with Gasteiger partial charge in [-0.1, -0.05) is 6.07 Å². The highest BCUT2D eigenvalue weighted by molar-refractivity contribution is 6.06. The van der Waals surface area contributed by atoms with Gasteiger partial charge in [-0.3, -0.25) is 20.0 Å². The molecular weight excluding hydrogens is 248 g/mol. The molecule has 0 aliphatic heterocycles. The zero-order valence-corrected chi connectivity index (χ0v) is 10.4. The van der Waals surface area contributed by atoms with Crippen LogP contribution in [0.15, 0.2) is 24.4 Å². The summed E-state index contributed by atoms with van der Waals surface area (Å²) in [6.07, 6.45) is 1.38. The van der Waals surface area contributed by atoms with Gasteiger partial charge >= 0.3 is 0 Å². The fraction of sp³-hybridized carbons (Fsp3) is 0.167. The molecule has 0 bridgehead atoms. The van der Waals surface area contributed by atoms with Gasteiger partial charge < -0.3 is 5.32 Å². The minimum atomic E-state index is -0.530. The van der Waals surface area contributed by atoms with Gasteiger partial charge in [0.2, 0.25) is 0 Å². The summed E-state index contributed by atoms with van der Waals surface area (Å²) in [4.78, 5) is 22.4. The number of carbonyl (C=O) groups is 1. The van der Waals surface area contributed by atoms with Crippen molar-refractivity contribution < 1.29 is 9.72 Å². The summed E-state index contributed by atoms with van der Waals surface area (Å²) in [6, 6.07) is 4.55. The molecule has 0 fully saturated rings. The molecule has 0 radical (unpaired) electrons. The molecule has 98 valence electrons. The number of aryl methyl sites for hydroxylation is 2. The first kappa shape index (κ1) is 12.7. The van der Waals surface area contributed by atoms with Crippen LogP contribution in [-0.4, -0.2) is 21.0 Å². The second-order valence-corrected chi connectivity index (χ2v) is 4.14. The maximum atomic E-state index is 12.0. The second kappa shape index (κ2) is 4.89. The summed E-state index contributed by atoms with van der Waals surface area (Å²) in [5.41, 5.74) is 1.82. The third kappa shape index (κ3) is 2.59. The Kier molecular flexibility index (Phi) is 3.28. The van der Waals surface area contributed by atoms with Crippen molar-refractivity contribution in [3.63, 3.8) is 0 Å². The summed E-state index contributed by atoms with van der Waals surface area (Å²) in [6.45, 7) is 3.50. The predicted octanol–water partition coefficient (Wildman–Crippen LogP) is 2.19. The number of carbonyl (C=O) groups excluding carboxylic acids is 1. The molecule has 2 aromatic rings. The third-order valence-electron chi connectivity index (χ3n) is 2.67. The molecule has 1 heterocycles. The Hall–Kier alpha value is -2.70. The van der Waals surface area contributed by atoms with E-state index in [2.05, 4.69) is 15.5 Å². The lowest BCUT2D eigenvalue weighted by Gasteiger charge is -2.06. The van der Waals surface area contributed by atoms with Crippen LogP contribution in [0, 0.1) is 24.0 Å². The van der Waals surface area contributed by atoms with Crippen molar-refractivity contribution in [3.8, 4) is 0 Å². The molecule has 0 saturated heterocycles. The second-order valence-electron chi connectivity index (χ2n) is 4.14. The van der Waals surface area contributed by atoms with Crippen molar-refractivity contribution in [1.29, 1.82) is 0 Å². The van der Waals surface area contributed by atoms with Crippen LogP contribution in [0.2, 0.25) is 0 Å². The van der Waals surface area contributed by atoms with E-state index in [-0.39, 0.29) is 11.4 Å². The van der Waals surface area contributed by atoms with Crippen molar-refractivity contribution in [3.05, 3.63) is 51.3 Å². The van der Waals surface area contributed by atoms with Gasteiger partial charge in [-0.05, 0) is 25.5 Å². The van der Waals surface area contributed by atoms with Gasteiger partial charge in [0.25, 0.3) is 11.6 Å². The van der Waals surface area contributed by atoms with Crippen LogP contribution in [0.3, 0.4) is 0 Å². The minimum absolute atomic E-state index is 0.139. The van der Waals surface area contributed by atoms with Crippen molar-refractivity contribution >= 4 is 17.3 Å². The van der Waals surface area contributed by atoms with Crippen LogP contribution in [0.1, 0.15) is 21.6 Å². The number of rotatable bonds is 3. The van der Waals surface area contributed by atoms with E-state index in [4.69, 9.17) is 0 Å². The Bertz CT molecular complexity index is 648. The number of benzene rings is 1. The monoisotopic (exact) mass is 260 g/mol. The molecule has 0 aliphatic rings. The molecule has 7 heteroatoms. The van der Waals surface area contributed by atoms with E-state index in [1.165, 1.54) is 12.3 Å². The molecule has 2 rings (SSSR count). The number of aromatic nitrogens is 2. The minimum Gasteiger partial charge on any atom is -0.316 e. The molecule has 0 aliphatic carbocycles. The first-order chi connectivity index (χ1) is 8.99. The van der Waals surface area contributed by atoms with Crippen molar-refractivity contribution in [2.75, 3.05) is 5.32 Å². The van der Waals surface area contributed by atoms with Gasteiger partial charge in [-0.25, -0.2) is 0 Å². The highest BCUT2D eigenvalue weighted by atomic mass is 16.6. The predicted molar refractivity (Wildman–Crippen MR) is 69.1 cm³/mol. The first-order valence-electron chi connectivity index (χ1n) is 5.55. The molecule has 7 nitrogen and oxygen atoms in total. The summed E-state index contributed by atoms with van der Waals surface area (Å²) in [5.74, 6) is -0.431. The fourth-order valence-electron chi connectivity index (χ4n) is 1.68. The lowest BCUT2D eigenvalue weighted by molar-refractivity contribution is -0.383. The number of nitro benzene ring substituents is 1. The Morgan fingerprint density at radius 2 is 2.16 bits per heavy atom. The number of hydrogen-bond donors (Lipinski definition) is 2. The zero-order valence-electron chi connectivity index (χ0n) is 10.4. The number of nitrogens with zero attached hydrogens (tertiary/aromatic N) is 2. The smallest absolute Gasteiger partial charge is 0.292 e. The number of amides is 1. The van der Waals surface area contributed by atoms with Crippen molar-refractivity contribution in [2.45, 2.75) is 13.8 Å². The summed E-state index contributed by atoms with van der Waals surface area (Å²) in [5, 5.41) is 19.8. The maximum absolute atomic E-state index is 12.0. The van der Waals surface area contributed by atoms with Crippen LogP contribution in [0.5, 0.6) is 0 Å². The molecule has 0 spiro atoms. The van der Waals surface area contributed by atoms with E-state index < -0.39 is 10.8 Å². The highest BCUT2D eigenvalue weighted by Crippen LogP contribution is 2.25. The third-order valence-corrected chi connectivity index (χ3v) is 2.67. The number of hydrogen-bond acceptors (Lipinski definition) is 4. The standard InChI is InChI=1S/C12H12N4O3/c1-7-3-4-11(16(18)19)10(5-7)14-12(17)9-6-13-15-8(9)2/h3-6H,1-2H3,(H,13,15)(H,14,17). The summed E-state index contributed by atoms with van der Waals surface area (Å²) < 4.78 is 0. The Balaban J connectivity index is 2.33. The number of aromatic amines is 1. The summed E-state index contributed by atoms with van der Waals surface area (Å²) >= 11 is 0. The van der Waals surface area contributed by atoms with E-state index >= 15 is 0 Å². The number of nitrogens with one attached hydrogen (secondary N) is 2. The molecule has 0 unspecified atom stereocenters. The average Bonchev–Trinajstić information content (AvgIpc) is 2.75. The van der Waals surface area contributed by atoms with Crippen LogP contribution >= 0.6 is 0 Å². The van der Waals surface area contributed by atoms with Gasteiger partial charge in [0, 0.05) is 11.8 Å². The maximum Gasteiger partial charge on any atom is 0.292 e. The Morgan fingerprint density at radius 1 is 1.42 bits per heavy atom. The normalized spacial score (nSPS) is 10.2. The van der Waals surface area contributed by atoms with Crippen molar-refractivity contribution in [2.24, 2.45) is 0 Å². The number of anilines is 1. The van der Waals surface area contributed by atoms with Gasteiger partial charge in [0.05, 0.1) is 16.7 Å².